The standard InChI is InChI=1S/C10H13ClN2O2S/c1-13(9-6-12-7-9)16(14,15)10-4-2-8(11)3-5-10/h2-5,9,12H,6-7H2,1H3. The van der Waals surface area contributed by atoms with Crippen molar-refractivity contribution in [2.45, 2.75) is 10.9 Å². The van der Waals surface area contributed by atoms with Crippen LogP contribution in [0.15, 0.2) is 29.2 Å². The van der Waals surface area contributed by atoms with Crippen LogP contribution in [0.3, 0.4) is 0 Å². The van der Waals surface area contributed by atoms with Gasteiger partial charge in [0.05, 0.1) is 4.90 Å². The Bertz CT molecular complexity index is 468. The van der Waals surface area contributed by atoms with E-state index in [9.17, 15) is 8.42 Å². The lowest BCUT2D eigenvalue weighted by Crippen LogP contribution is -2.57. The number of hydrogen-bond acceptors (Lipinski definition) is 3. The van der Waals surface area contributed by atoms with E-state index in [4.69, 9.17) is 11.6 Å². The highest BCUT2D eigenvalue weighted by molar-refractivity contribution is 7.89. The molecule has 0 saturated carbocycles. The van der Waals surface area contributed by atoms with Crippen LogP contribution in [0.4, 0.5) is 0 Å². The molecule has 1 fully saturated rings. The van der Waals surface area contributed by atoms with Gasteiger partial charge in [-0.3, -0.25) is 0 Å². The molecule has 6 heteroatoms. The first-order valence-electron chi connectivity index (χ1n) is 4.96. The molecule has 16 heavy (non-hydrogen) atoms. The summed E-state index contributed by atoms with van der Waals surface area (Å²) in [5, 5.41) is 3.58. The summed E-state index contributed by atoms with van der Waals surface area (Å²) in [4.78, 5) is 0.284. The van der Waals surface area contributed by atoms with E-state index in [1.54, 1.807) is 19.2 Å². The quantitative estimate of drug-likeness (QED) is 0.880. The summed E-state index contributed by atoms with van der Waals surface area (Å²) in [7, 11) is -1.77. The summed E-state index contributed by atoms with van der Waals surface area (Å²) >= 11 is 5.72. The summed E-state index contributed by atoms with van der Waals surface area (Å²) in [6.07, 6.45) is 0. The van der Waals surface area contributed by atoms with Crippen LogP contribution >= 0.6 is 11.6 Å². The van der Waals surface area contributed by atoms with E-state index in [2.05, 4.69) is 5.32 Å². The van der Waals surface area contributed by atoms with Gasteiger partial charge in [0, 0.05) is 31.2 Å². The number of hydrogen-bond donors (Lipinski definition) is 1. The Balaban J connectivity index is 2.27. The lowest BCUT2D eigenvalue weighted by Gasteiger charge is -2.34. The normalized spacial score (nSPS) is 17.4. The topological polar surface area (TPSA) is 49.4 Å². The molecule has 1 N–H and O–H groups in total. The zero-order valence-corrected chi connectivity index (χ0v) is 10.4. The fraction of sp³-hybridized carbons (Fsp3) is 0.400. The number of nitrogens with zero attached hydrogens (tertiary/aromatic N) is 1. The average molecular weight is 261 g/mol. The van der Waals surface area contributed by atoms with Crippen molar-refractivity contribution in [3.05, 3.63) is 29.3 Å². The Labute approximate surface area is 100 Å². The SMILES string of the molecule is CN(C1CNC1)S(=O)(=O)c1ccc(Cl)cc1. The molecule has 4 nitrogen and oxygen atoms in total. The molecule has 0 aliphatic carbocycles. The highest BCUT2D eigenvalue weighted by Crippen LogP contribution is 2.20. The van der Waals surface area contributed by atoms with Crippen LogP contribution in [-0.4, -0.2) is 38.9 Å². The van der Waals surface area contributed by atoms with E-state index in [1.807, 2.05) is 0 Å². The molecule has 2 rings (SSSR count). The summed E-state index contributed by atoms with van der Waals surface area (Å²) in [5.74, 6) is 0. The lowest BCUT2D eigenvalue weighted by atomic mass is 10.2. The van der Waals surface area contributed by atoms with E-state index < -0.39 is 10.0 Å². The van der Waals surface area contributed by atoms with Crippen molar-refractivity contribution in [1.29, 1.82) is 0 Å². The van der Waals surface area contributed by atoms with E-state index >= 15 is 0 Å². The van der Waals surface area contributed by atoms with Crippen LogP contribution in [0.5, 0.6) is 0 Å². The third-order valence-electron chi connectivity index (χ3n) is 2.76. The van der Waals surface area contributed by atoms with Crippen LogP contribution in [-0.2, 0) is 10.0 Å². The fourth-order valence-corrected chi connectivity index (χ4v) is 2.98. The minimum atomic E-state index is -3.38. The Hall–Kier alpha value is -0.620. The maximum absolute atomic E-state index is 12.1. The Morgan fingerprint density at radius 2 is 1.88 bits per heavy atom. The largest absolute Gasteiger partial charge is 0.313 e. The van der Waals surface area contributed by atoms with Gasteiger partial charge in [0.2, 0.25) is 10.0 Å². The van der Waals surface area contributed by atoms with Gasteiger partial charge >= 0.3 is 0 Å². The van der Waals surface area contributed by atoms with Gasteiger partial charge in [0.15, 0.2) is 0 Å². The number of likely N-dealkylation sites (N-methyl/N-ethyl adjacent to an activating group) is 1. The van der Waals surface area contributed by atoms with E-state index in [0.29, 0.717) is 18.1 Å². The van der Waals surface area contributed by atoms with Gasteiger partial charge < -0.3 is 5.32 Å². The minimum Gasteiger partial charge on any atom is -0.313 e. The van der Waals surface area contributed by atoms with Gasteiger partial charge in [-0.25, -0.2) is 8.42 Å². The monoisotopic (exact) mass is 260 g/mol. The molecule has 0 spiro atoms. The second kappa shape index (κ2) is 4.33. The summed E-state index contributed by atoms with van der Waals surface area (Å²) in [6.45, 7) is 1.42. The molecule has 0 aromatic heterocycles. The maximum Gasteiger partial charge on any atom is 0.243 e. The summed E-state index contributed by atoms with van der Waals surface area (Å²) in [5.41, 5.74) is 0. The molecule has 0 atom stereocenters. The predicted octanol–water partition coefficient (Wildman–Crippen LogP) is 0.932. The lowest BCUT2D eigenvalue weighted by molar-refractivity contribution is 0.274. The number of nitrogens with one attached hydrogen (secondary N) is 1. The smallest absolute Gasteiger partial charge is 0.243 e. The number of sulfonamides is 1. The van der Waals surface area contributed by atoms with E-state index in [-0.39, 0.29) is 10.9 Å². The molecular weight excluding hydrogens is 248 g/mol. The minimum absolute atomic E-state index is 0.0562. The first-order valence-corrected chi connectivity index (χ1v) is 6.78. The Morgan fingerprint density at radius 1 is 1.31 bits per heavy atom. The molecule has 1 heterocycles. The maximum atomic E-state index is 12.1. The first-order chi connectivity index (χ1) is 7.51. The van der Waals surface area contributed by atoms with Crippen LogP contribution in [0.1, 0.15) is 0 Å². The van der Waals surface area contributed by atoms with Gasteiger partial charge in [-0.15, -0.1) is 0 Å². The average Bonchev–Trinajstić information content (AvgIpc) is 2.15. The third kappa shape index (κ3) is 2.08. The van der Waals surface area contributed by atoms with Crippen molar-refractivity contribution < 1.29 is 8.42 Å². The first kappa shape index (κ1) is 11.9. The molecule has 1 saturated heterocycles. The number of benzene rings is 1. The number of rotatable bonds is 3. The summed E-state index contributed by atoms with van der Waals surface area (Å²) < 4.78 is 25.7. The fourth-order valence-electron chi connectivity index (χ4n) is 1.50. The second-order valence-corrected chi connectivity index (χ2v) is 6.22. The Morgan fingerprint density at radius 3 is 2.31 bits per heavy atom. The molecule has 1 aromatic rings. The van der Waals surface area contributed by atoms with Crippen molar-refractivity contribution in [2.75, 3.05) is 20.1 Å². The molecule has 0 radical (unpaired) electrons. The van der Waals surface area contributed by atoms with E-state index in [1.165, 1.54) is 16.4 Å². The molecular formula is C10H13ClN2O2S. The molecule has 1 aliphatic heterocycles. The zero-order chi connectivity index (χ0) is 11.8. The molecule has 0 unspecified atom stereocenters. The third-order valence-corrected chi connectivity index (χ3v) is 4.94. The van der Waals surface area contributed by atoms with Gasteiger partial charge in [0.1, 0.15) is 0 Å². The van der Waals surface area contributed by atoms with Crippen molar-refractivity contribution in [1.82, 2.24) is 9.62 Å². The molecule has 0 amide bonds. The highest BCUT2D eigenvalue weighted by Gasteiger charge is 2.31. The summed E-state index contributed by atoms with van der Waals surface area (Å²) in [6, 6.07) is 6.28. The van der Waals surface area contributed by atoms with E-state index in [0.717, 1.165) is 0 Å². The van der Waals surface area contributed by atoms with Gasteiger partial charge in [-0.1, -0.05) is 11.6 Å². The Kier molecular flexibility index (Phi) is 3.21. The second-order valence-electron chi connectivity index (χ2n) is 3.79. The highest BCUT2D eigenvalue weighted by atomic mass is 35.5. The van der Waals surface area contributed by atoms with Gasteiger partial charge in [-0.2, -0.15) is 4.31 Å². The van der Waals surface area contributed by atoms with Crippen molar-refractivity contribution in [3.8, 4) is 0 Å². The van der Waals surface area contributed by atoms with Crippen molar-refractivity contribution >= 4 is 21.6 Å². The number of halogens is 1. The molecule has 1 aromatic carbocycles. The molecule has 88 valence electrons. The van der Waals surface area contributed by atoms with Crippen LogP contribution in [0, 0.1) is 0 Å². The van der Waals surface area contributed by atoms with Crippen molar-refractivity contribution in [3.63, 3.8) is 0 Å². The van der Waals surface area contributed by atoms with Crippen LogP contribution < -0.4 is 5.32 Å². The predicted molar refractivity (Wildman–Crippen MR) is 63.1 cm³/mol. The van der Waals surface area contributed by atoms with Gasteiger partial charge in [-0.05, 0) is 24.3 Å². The van der Waals surface area contributed by atoms with Gasteiger partial charge in [0.25, 0.3) is 0 Å². The molecule has 0 bridgehead atoms. The molecule has 1 aliphatic rings. The van der Waals surface area contributed by atoms with Crippen LogP contribution in [0.25, 0.3) is 0 Å². The van der Waals surface area contributed by atoms with Crippen LogP contribution in [0.2, 0.25) is 5.02 Å². The zero-order valence-electron chi connectivity index (χ0n) is 8.85. The van der Waals surface area contributed by atoms with Crippen molar-refractivity contribution in [2.24, 2.45) is 0 Å².